The lowest BCUT2D eigenvalue weighted by atomic mass is 10.1. The summed E-state index contributed by atoms with van der Waals surface area (Å²) in [5.74, 6) is 0.744. The van der Waals surface area contributed by atoms with Crippen LogP contribution in [0.4, 0.5) is 17.3 Å². The number of carbonyl (C=O) groups excluding carboxylic acids is 1. The summed E-state index contributed by atoms with van der Waals surface area (Å²) in [6.45, 7) is 3.84. The first-order valence-electron chi connectivity index (χ1n) is 12.0. The van der Waals surface area contributed by atoms with Gasteiger partial charge in [0, 0.05) is 13.1 Å². The van der Waals surface area contributed by atoms with E-state index in [1.807, 2.05) is 42.5 Å². The maximum atomic E-state index is 11.6. The van der Waals surface area contributed by atoms with Crippen LogP contribution in [-0.2, 0) is 17.9 Å². The molecule has 10 heteroatoms. The molecule has 1 aliphatic rings. The number of rotatable bonds is 13. The SMILES string of the molecule is Nc1nc(OCCOc2ccccc2)nc(N(CC=O)Cc2cccc(CN3CCCC3)c2)c1N=O. The highest BCUT2D eigenvalue weighted by Gasteiger charge is 2.21. The number of nitrogen functional groups attached to an aromatic ring is 1. The standard InChI is InChI=1S/C26H30N6O4/c27-24-23(30-34)25(29-26(28-24)36-16-15-35-22-9-2-1-3-10-22)32(13-14-33)19-21-8-6-7-20(17-21)18-31-11-4-5-12-31/h1-3,6-10,14,17H,4-5,11-13,15-16,18-19H2,(H2,27,28,29). The van der Waals surface area contributed by atoms with Gasteiger partial charge in [-0.3, -0.25) is 4.90 Å². The fourth-order valence-corrected chi connectivity index (χ4v) is 4.18. The van der Waals surface area contributed by atoms with E-state index in [0.29, 0.717) is 12.3 Å². The molecule has 0 spiro atoms. The number of benzene rings is 2. The number of anilines is 2. The van der Waals surface area contributed by atoms with E-state index in [-0.39, 0.29) is 43.1 Å². The zero-order valence-electron chi connectivity index (χ0n) is 20.1. The number of aromatic nitrogens is 2. The number of nitrogens with zero attached hydrogens (tertiary/aromatic N) is 5. The van der Waals surface area contributed by atoms with Crippen LogP contribution < -0.4 is 20.1 Å². The molecular weight excluding hydrogens is 460 g/mol. The molecular formula is C26H30N6O4. The largest absolute Gasteiger partial charge is 0.490 e. The van der Waals surface area contributed by atoms with E-state index >= 15 is 0 Å². The molecule has 1 fully saturated rings. The summed E-state index contributed by atoms with van der Waals surface area (Å²) in [5, 5.41) is 3.03. The van der Waals surface area contributed by atoms with Gasteiger partial charge in [0.1, 0.15) is 25.2 Å². The Morgan fingerprint density at radius 3 is 2.50 bits per heavy atom. The Kier molecular flexibility index (Phi) is 8.77. The zero-order valence-corrected chi connectivity index (χ0v) is 20.1. The molecule has 4 rings (SSSR count). The van der Waals surface area contributed by atoms with Crippen LogP contribution in [0.5, 0.6) is 11.8 Å². The van der Waals surface area contributed by atoms with Gasteiger partial charge in [0.05, 0.1) is 6.54 Å². The van der Waals surface area contributed by atoms with Gasteiger partial charge in [0.25, 0.3) is 0 Å². The Morgan fingerprint density at radius 1 is 1.00 bits per heavy atom. The van der Waals surface area contributed by atoms with E-state index in [4.69, 9.17) is 15.2 Å². The minimum atomic E-state index is -0.127. The fraction of sp³-hybridized carbons (Fsp3) is 0.346. The number of hydrogen-bond acceptors (Lipinski definition) is 10. The van der Waals surface area contributed by atoms with Crippen molar-refractivity contribution in [3.63, 3.8) is 0 Å². The van der Waals surface area contributed by atoms with Gasteiger partial charge in [0.2, 0.25) is 0 Å². The number of para-hydroxylation sites is 1. The van der Waals surface area contributed by atoms with Gasteiger partial charge < -0.3 is 24.9 Å². The molecule has 0 aliphatic carbocycles. The Labute approximate surface area is 210 Å². The van der Waals surface area contributed by atoms with Crippen molar-refractivity contribution in [2.45, 2.75) is 25.9 Å². The summed E-state index contributed by atoms with van der Waals surface area (Å²) in [5.41, 5.74) is 8.03. The Bertz CT molecular complexity index is 1150. The molecule has 0 unspecified atom stereocenters. The Morgan fingerprint density at radius 2 is 1.75 bits per heavy atom. The maximum Gasteiger partial charge on any atom is 0.320 e. The van der Waals surface area contributed by atoms with E-state index in [1.165, 1.54) is 18.4 Å². The van der Waals surface area contributed by atoms with E-state index in [2.05, 4.69) is 32.2 Å². The number of likely N-dealkylation sites (tertiary alicyclic amines) is 1. The highest BCUT2D eigenvalue weighted by molar-refractivity contribution is 5.75. The molecule has 2 aromatic carbocycles. The van der Waals surface area contributed by atoms with Crippen molar-refractivity contribution in [3.8, 4) is 11.8 Å². The number of aldehydes is 1. The van der Waals surface area contributed by atoms with Crippen molar-refractivity contribution in [2.24, 2.45) is 5.18 Å². The number of carbonyl (C=O) groups is 1. The third-order valence-corrected chi connectivity index (χ3v) is 5.85. The van der Waals surface area contributed by atoms with Gasteiger partial charge in [-0.1, -0.05) is 42.5 Å². The molecule has 0 radical (unpaired) electrons. The number of nitroso groups, excluding NO2 is 1. The molecule has 1 aromatic heterocycles. The topological polar surface area (TPSA) is 123 Å². The highest BCUT2D eigenvalue weighted by atomic mass is 16.5. The molecule has 2 heterocycles. The number of ether oxygens (including phenoxy) is 2. The van der Waals surface area contributed by atoms with Crippen LogP contribution in [0.25, 0.3) is 0 Å². The maximum absolute atomic E-state index is 11.6. The predicted molar refractivity (Wildman–Crippen MR) is 137 cm³/mol. The van der Waals surface area contributed by atoms with Gasteiger partial charge in [0.15, 0.2) is 17.3 Å². The average molecular weight is 491 g/mol. The van der Waals surface area contributed by atoms with Crippen molar-refractivity contribution in [2.75, 3.05) is 43.5 Å². The quantitative estimate of drug-likeness (QED) is 0.217. The van der Waals surface area contributed by atoms with Crippen molar-refractivity contribution in [1.29, 1.82) is 0 Å². The minimum Gasteiger partial charge on any atom is -0.490 e. The van der Waals surface area contributed by atoms with Crippen LogP contribution in [0, 0.1) is 4.91 Å². The third kappa shape index (κ3) is 6.76. The molecule has 0 saturated carbocycles. The van der Waals surface area contributed by atoms with E-state index < -0.39 is 0 Å². The number of hydrogen-bond donors (Lipinski definition) is 1. The molecule has 1 saturated heterocycles. The van der Waals surface area contributed by atoms with Crippen LogP contribution in [0.1, 0.15) is 24.0 Å². The van der Waals surface area contributed by atoms with Crippen molar-refractivity contribution in [1.82, 2.24) is 14.9 Å². The summed E-state index contributed by atoms with van der Waals surface area (Å²) >= 11 is 0. The summed E-state index contributed by atoms with van der Waals surface area (Å²) in [6.07, 6.45) is 3.20. The Hall–Kier alpha value is -4.05. The summed E-state index contributed by atoms with van der Waals surface area (Å²) in [6, 6.07) is 17.5. The normalized spacial score (nSPS) is 13.3. The predicted octanol–water partition coefficient (Wildman–Crippen LogP) is 3.72. The Balaban J connectivity index is 1.48. The monoisotopic (exact) mass is 490 g/mol. The second-order valence-electron chi connectivity index (χ2n) is 8.52. The van der Waals surface area contributed by atoms with Crippen LogP contribution in [-0.4, -0.2) is 54.0 Å². The minimum absolute atomic E-state index is 0.00805. The van der Waals surface area contributed by atoms with Gasteiger partial charge in [-0.05, 0) is 54.4 Å². The van der Waals surface area contributed by atoms with Gasteiger partial charge >= 0.3 is 6.01 Å². The van der Waals surface area contributed by atoms with Crippen molar-refractivity contribution in [3.05, 3.63) is 70.6 Å². The zero-order chi connectivity index (χ0) is 25.2. The first kappa shape index (κ1) is 25.1. The van der Waals surface area contributed by atoms with Crippen molar-refractivity contribution >= 4 is 23.6 Å². The fourth-order valence-electron chi connectivity index (χ4n) is 4.18. The number of nitrogens with two attached hydrogens (primary N) is 1. The second-order valence-corrected chi connectivity index (χ2v) is 8.52. The molecule has 36 heavy (non-hydrogen) atoms. The van der Waals surface area contributed by atoms with Crippen LogP contribution in [0.15, 0.2) is 59.8 Å². The summed E-state index contributed by atoms with van der Waals surface area (Å²) < 4.78 is 11.2. The summed E-state index contributed by atoms with van der Waals surface area (Å²) in [7, 11) is 0. The molecule has 0 amide bonds. The van der Waals surface area contributed by atoms with Crippen LogP contribution >= 0.6 is 0 Å². The molecule has 3 aromatic rings. The van der Waals surface area contributed by atoms with E-state index in [0.717, 1.165) is 31.5 Å². The molecule has 0 bridgehead atoms. The lowest BCUT2D eigenvalue weighted by Crippen LogP contribution is -2.27. The van der Waals surface area contributed by atoms with Gasteiger partial charge in [-0.2, -0.15) is 9.97 Å². The van der Waals surface area contributed by atoms with E-state index in [1.54, 1.807) is 4.90 Å². The van der Waals surface area contributed by atoms with Gasteiger partial charge in [-0.15, -0.1) is 4.91 Å². The molecule has 1 aliphatic heterocycles. The van der Waals surface area contributed by atoms with Crippen LogP contribution in [0.3, 0.4) is 0 Å². The molecule has 188 valence electrons. The first-order valence-corrected chi connectivity index (χ1v) is 12.0. The lowest BCUT2D eigenvalue weighted by molar-refractivity contribution is -0.106. The van der Waals surface area contributed by atoms with Crippen LogP contribution in [0.2, 0.25) is 0 Å². The lowest BCUT2D eigenvalue weighted by Gasteiger charge is -2.23. The third-order valence-electron chi connectivity index (χ3n) is 5.85. The van der Waals surface area contributed by atoms with Crippen molar-refractivity contribution < 1.29 is 14.3 Å². The smallest absolute Gasteiger partial charge is 0.320 e. The highest BCUT2D eigenvalue weighted by Crippen LogP contribution is 2.34. The second kappa shape index (κ2) is 12.6. The molecule has 10 nitrogen and oxygen atoms in total. The molecule has 0 atom stereocenters. The summed E-state index contributed by atoms with van der Waals surface area (Å²) in [4.78, 5) is 35.6. The van der Waals surface area contributed by atoms with Gasteiger partial charge in [-0.25, -0.2) is 0 Å². The first-order chi connectivity index (χ1) is 17.7. The van der Waals surface area contributed by atoms with E-state index in [9.17, 15) is 9.70 Å². The average Bonchev–Trinajstić information content (AvgIpc) is 3.40. The molecule has 2 N–H and O–H groups in total.